The first kappa shape index (κ1) is 20.8. The van der Waals surface area contributed by atoms with Gasteiger partial charge in [-0.1, -0.05) is 78.9 Å². The highest BCUT2D eigenvalue weighted by Gasteiger charge is 2.19. The van der Waals surface area contributed by atoms with Gasteiger partial charge < -0.3 is 4.57 Å². The molecule has 5 nitrogen and oxygen atoms in total. The normalized spacial score (nSPS) is 10.2. The van der Waals surface area contributed by atoms with Gasteiger partial charge >= 0.3 is 0 Å². The van der Waals surface area contributed by atoms with Gasteiger partial charge in [0.1, 0.15) is 5.56 Å². The van der Waals surface area contributed by atoms with Crippen molar-refractivity contribution in [2.75, 3.05) is 0 Å². The van der Waals surface area contributed by atoms with Crippen LogP contribution in [-0.4, -0.2) is 15.3 Å². The number of nitro benzene ring substituents is 1. The van der Waals surface area contributed by atoms with Crippen molar-refractivity contribution in [3.63, 3.8) is 0 Å². The predicted octanol–water partition coefficient (Wildman–Crippen LogP) is 6.46. The number of carbonyl (C=O) groups excluding carboxylic acids is 1. The summed E-state index contributed by atoms with van der Waals surface area (Å²) in [6.45, 7) is 0. The van der Waals surface area contributed by atoms with E-state index in [9.17, 15) is 14.9 Å². The van der Waals surface area contributed by atoms with Crippen molar-refractivity contribution in [3.8, 4) is 5.69 Å². The average Bonchev–Trinajstić information content (AvgIpc) is 3.29. The molecule has 0 saturated heterocycles. The van der Waals surface area contributed by atoms with Crippen LogP contribution in [0.5, 0.6) is 0 Å². The third-order valence-corrected chi connectivity index (χ3v) is 5.02. The molecule has 5 heteroatoms. The molecule has 5 aromatic rings. The summed E-state index contributed by atoms with van der Waals surface area (Å²) in [5, 5.41) is 12.1. The summed E-state index contributed by atoms with van der Waals surface area (Å²) in [6, 6.07) is 35.4. The third kappa shape index (κ3) is 4.47. The van der Waals surface area contributed by atoms with Gasteiger partial charge in [-0.3, -0.25) is 14.9 Å². The van der Waals surface area contributed by atoms with Crippen molar-refractivity contribution in [1.82, 2.24) is 4.57 Å². The van der Waals surface area contributed by atoms with Crippen LogP contribution in [0.15, 0.2) is 121 Å². The monoisotopic (exact) mass is 420 g/mol. The van der Waals surface area contributed by atoms with Crippen molar-refractivity contribution in [1.29, 1.82) is 0 Å². The van der Waals surface area contributed by atoms with E-state index in [0.717, 1.165) is 0 Å². The van der Waals surface area contributed by atoms with Crippen LogP contribution >= 0.6 is 0 Å². The van der Waals surface area contributed by atoms with Crippen molar-refractivity contribution in [2.24, 2.45) is 0 Å². The van der Waals surface area contributed by atoms with E-state index in [1.165, 1.54) is 28.7 Å². The molecular formula is C27H20N2O3. The minimum atomic E-state index is -0.545. The van der Waals surface area contributed by atoms with Gasteiger partial charge in [-0.15, -0.1) is 0 Å². The number of carbonyl (C=O) groups is 1. The number of aromatic nitrogens is 1. The van der Waals surface area contributed by atoms with Gasteiger partial charge in [0.25, 0.3) is 5.69 Å². The van der Waals surface area contributed by atoms with Crippen LogP contribution in [0.4, 0.5) is 5.69 Å². The summed E-state index contributed by atoms with van der Waals surface area (Å²) in [5.41, 5.74) is 2.86. The van der Waals surface area contributed by atoms with Gasteiger partial charge in [-0.2, -0.15) is 0 Å². The van der Waals surface area contributed by atoms with Gasteiger partial charge in [0.15, 0.2) is 5.78 Å². The summed E-state index contributed by atoms with van der Waals surface area (Å²) < 4.78 is 2.20. The summed E-state index contributed by atoms with van der Waals surface area (Å²) in [7, 11) is 0. The van der Waals surface area contributed by atoms with E-state index < -0.39 is 4.92 Å². The molecule has 5 rings (SSSR count). The topological polar surface area (TPSA) is 65.1 Å². The SMILES string of the molecule is O=C(c1ccccc1)c1ccccc1[N+](=O)[O-].c1ccc(-n2ccc3ccccc32)cc1. The smallest absolute Gasteiger partial charge is 0.280 e. The first-order chi connectivity index (χ1) is 15.6. The molecule has 0 bridgehead atoms. The molecule has 156 valence electrons. The third-order valence-electron chi connectivity index (χ3n) is 5.02. The summed E-state index contributed by atoms with van der Waals surface area (Å²) in [6.07, 6.45) is 2.11. The predicted molar refractivity (Wildman–Crippen MR) is 126 cm³/mol. The Morgan fingerprint density at radius 1 is 0.688 bits per heavy atom. The molecule has 1 aromatic heterocycles. The number of nitrogens with zero attached hydrogens (tertiary/aromatic N) is 2. The van der Waals surface area contributed by atoms with Crippen molar-refractivity contribution in [2.45, 2.75) is 0 Å². The van der Waals surface area contributed by atoms with Crippen LogP contribution in [0, 0.1) is 10.1 Å². The molecule has 0 fully saturated rings. The molecule has 0 aliphatic rings. The fourth-order valence-corrected chi connectivity index (χ4v) is 3.47. The zero-order valence-electron chi connectivity index (χ0n) is 17.2. The van der Waals surface area contributed by atoms with Gasteiger partial charge in [-0.25, -0.2) is 0 Å². The maximum Gasteiger partial charge on any atom is 0.280 e. The van der Waals surface area contributed by atoms with Crippen LogP contribution in [0.1, 0.15) is 15.9 Å². The number of benzene rings is 4. The first-order valence-electron chi connectivity index (χ1n) is 10.1. The van der Waals surface area contributed by atoms with Crippen LogP contribution in [0.3, 0.4) is 0 Å². The fraction of sp³-hybridized carbons (Fsp3) is 0. The van der Waals surface area contributed by atoms with E-state index in [1.807, 2.05) is 6.07 Å². The van der Waals surface area contributed by atoms with Gasteiger partial charge in [0.05, 0.1) is 10.4 Å². The lowest BCUT2D eigenvalue weighted by molar-refractivity contribution is -0.385. The largest absolute Gasteiger partial charge is 0.317 e. The van der Waals surface area contributed by atoms with Crippen LogP contribution in [0.2, 0.25) is 0 Å². The van der Waals surface area contributed by atoms with Crippen LogP contribution in [-0.2, 0) is 0 Å². The number of nitro groups is 1. The number of ketones is 1. The maximum absolute atomic E-state index is 12.1. The molecule has 0 radical (unpaired) electrons. The Labute approximate surface area is 185 Å². The Morgan fingerprint density at radius 3 is 2.00 bits per heavy atom. The molecule has 1 heterocycles. The van der Waals surface area contributed by atoms with E-state index in [2.05, 4.69) is 65.4 Å². The highest BCUT2D eigenvalue weighted by molar-refractivity contribution is 6.11. The van der Waals surface area contributed by atoms with E-state index in [4.69, 9.17) is 0 Å². The Bertz CT molecular complexity index is 1360. The highest BCUT2D eigenvalue weighted by Crippen LogP contribution is 2.21. The Balaban J connectivity index is 0.000000154. The Kier molecular flexibility index (Phi) is 6.18. The zero-order valence-corrected chi connectivity index (χ0v) is 17.2. The van der Waals surface area contributed by atoms with Gasteiger partial charge in [0, 0.05) is 23.5 Å². The second-order valence-corrected chi connectivity index (χ2v) is 7.05. The van der Waals surface area contributed by atoms with Gasteiger partial charge in [0.2, 0.25) is 0 Å². The fourth-order valence-electron chi connectivity index (χ4n) is 3.47. The van der Waals surface area contributed by atoms with Crippen molar-refractivity contribution >= 4 is 22.4 Å². The quantitative estimate of drug-likeness (QED) is 0.190. The van der Waals surface area contributed by atoms with Crippen molar-refractivity contribution in [3.05, 3.63) is 143 Å². The molecule has 0 saturated carbocycles. The molecule has 0 aliphatic heterocycles. The Morgan fingerprint density at radius 2 is 1.28 bits per heavy atom. The van der Waals surface area contributed by atoms with Crippen LogP contribution in [0.25, 0.3) is 16.6 Å². The molecule has 0 spiro atoms. The molecule has 0 unspecified atom stereocenters. The molecule has 0 N–H and O–H groups in total. The summed E-state index contributed by atoms with van der Waals surface area (Å²) >= 11 is 0. The number of rotatable bonds is 4. The standard InChI is InChI=1S/C14H11N.C13H9NO3/c1-2-7-13(8-3-1)15-11-10-12-6-4-5-9-14(12)15;15-13(10-6-2-1-3-7-10)11-8-4-5-9-12(11)14(16)17/h1-11H;1-9H. The number of hydrogen-bond donors (Lipinski definition) is 0. The second kappa shape index (κ2) is 9.53. The molecule has 0 atom stereocenters. The minimum absolute atomic E-state index is 0.115. The maximum atomic E-state index is 12.1. The molecule has 32 heavy (non-hydrogen) atoms. The lowest BCUT2D eigenvalue weighted by Gasteiger charge is -2.04. The second-order valence-electron chi connectivity index (χ2n) is 7.05. The Hall–Kier alpha value is -4.51. The lowest BCUT2D eigenvalue weighted by atomic mass is 10.0. The summed E-state index contributed by atoms with van der Waals surface area (Å²) in [4.78, 5) is 22.3. The molecular weight excluding hydrogens is 400 g/mol. The van der Waals surface area contributed by atoms with Crippen molar-refractivity contribution < 1.29 is 9.72 Å². The van der Waals surface area contributed by atoms with E-state index in [-0.39, 0.29) is 17.0 Å². The lowest BCUT2D eigenvalue weighted by Crippen LogP contribution is -2.04. The van der Waals surface area contributed by atoms with E-state index in [1.54, 1.807) is 42.5 Å². The van der Waals surface area contributed by atoms with E-state index in [0.29, 0.717) is 5.56 Å². The number of para-hydroxylation sites is 3. The van der Waals surface area contributed by atoms with Crippen LogP contribution < -0.4 is 0 Å². The first-order valence-corrected chi connectivity index (χ1v) is 10.1. The van der Waals surface area contributed by atoms with E-state index >= 15 is 0 Å². The highest BCUT2D eigenvalue weighted by atomic mass is 16.6. The molecule has 0 amide bonds. The summed E-state index contributed by atoms with van der Waals surface area (Å²) in [5.74, 6) is -0.335. The number of hydrogen-bond acceptors (Lipinski definition) is 3. The minimum Gasteiger partial charge on any atom is -0.317 e. The average molecular weight is 420 g/mol. The van der Waals surface area contributed by atoms with Gasteiger partial charge in [-0.05, 0) is 35.7 Å². The molecule has 0 aliphatic carbocycles. The zero-order chi connectivity index (χ0) is 22.3. The number of fused-ring (bicyclic) bond motifs is 1. The molecule has 4 aromatic carbocycles.